The van der Waals surface area contributed by atoms with E-state index in [4.69, 9.17) is 15.2 Å². The second-order valence-electron chi connectivity index (χ2n) is 7.81. The number of anilines is 1. The van der Waals surface area contributed by atoms with Crippen molar-refractivity contribution in [3.05, 3.63) is 59.3 Å². The quantitative estimate of drug-likeness (QED) is 0.660. The van der Waals surface area contributed by atoms with Gasteiger partial charge in [0.2, 0.25) is 0 Å². The van der Waals surface area contributed by atoms with E-state index in [0.29, 0.717) is 22.7 Å². The fraction of sp³-hybridized carbons (Fsp3) is 0.304. The molecule has 3 N–H and O–H groups in total. The number of carbonyl (C=O) groups is 1. The van der Waals surface area contributed by atoms with E-state index in [1.165, 1.54) is 0 Å². The van der Waals surface area contributed by atoms with Crippen LogP contribution in [-0.2, 0) is 0 Å². The predicted octanol–water partition coefficient (Wildman–Crippen LogP) is 4.03. The van der Waals surface area contributed by atoms with E-state index in [2.05, 4.69) is 10.3 Å². The van der Waals surface area contributed by atoms with Gasteiger partial charge in [-0.15, -0.1) is 0 Å². The number of hydrogen-bond donors (Lipinski definition) is 2. The number of ether oxygens (including phenoxy) is 2. The SMILES string of the molecule is COc1cc(C(=O)NC(C)(C)COc2cccc3nc(C)cc(N)c23)ccc1C. The first kappa shape index (κ1) is 20.5. The Kier molecular flexibility index (Phi) is 5.64. The molecule has 0 bridgehead atoms. The van der Waals surface area contributed by atoms with Gasteiger partial charge in [0.25, 0.3) is 5.91 Å². The Morgan fingerprint density at radius 1 is 1.14 bits per heavy atom. The van der Waals surface area contributed by atoms with Crippen molar-refractivity contribution < 1.29 is 14.3 Å². The van der Waals surface area contributed by atoms with E-state index in [-0.39, 0.29) is 12.5 Å². The number of hydrogen-bond acceptors (Lipinski definition) is 5. The number of pyridine rings is 1. The lowest BCUT2D eigenvalue weighted by Crippen LogP contribution is -2.47. The van der Waals surface area contributed by atoms with Crippen LogP contribution in [0.2, 0.25) is 0 Å². The molecule has 0 saturated carbocycles. The first-order valence-corrected chi connectivity index (χ1v) is 9.46. The fourth-order valence-corrected chi connectivity index (χ4v) is 3.18. The monoisotopic (exact) mass is 393 g/mol. The van der Waals surface area contributed by atoms with E-state index in [9.17, 15) is 4.79 Å². The third-order valence-electron chi connectivity index (χ3n) is 4.66. The number of aromatic nitrogens is 1. The third-order valence-corrected chi connectivity index (χ3v) is 4.66. The molecule has 0 aliphatic heterocycles. The molecule has 152 valence electrons. The van der Waals surface area contributed by atoms with Crippen LogP contribution < -0.4 is 20.5 Å². The van der Waals surface area contributed by atoms with E-state index in [1.807, 2.05) is 58.0 Å². The number of carbonyl (C=O) groups excluding carboxylic acids is 1. The van der Waals surface area contributed by atoms with Crippen LogP contribution in [0, 0.1) is 13.8 Å². The topological polar surface area (TPSA) is 86.5 Å². The van der Waals surface area contributed by atoms with Crippen molar-refractivity contribution >= 4 is 22.5 Å². The average Bonchev–Trinajstić information content (AvgIpc) is 2.66. The number of nitrogens with one attached hydrogen (secondary N) is 1. The molecular formula is C23H27N3O3. The van der Waals surface area contributed by atoms with Gasteiger partial charge >= 0.3 is 0 Å². The maximum absolute atomic E-state index is 12.7. The molecule has 0 saturated heterocycles. The molecule has 1 amide bonds. The van der Waals surface area contributed by atoms with Crippen molar-refractivity contribution in [2.45, 2.75) is 33.2 Å². The van der Waals surface area contributed by atoms with Gasteiger partial charge in [0.05, 0.1) is 23.6 Å². The molecule has 1 aromatic heterocycles. The number of benzene rings is 2. The number of fused-ring (bicyclic) bond motifs is 1. The Bertz CT molecular complexity index is 1060. The summed E-state index contributed by atoms with van der Waals surface area (Å²) in [7, 11) is 1.59. The van der Waals surface area contributed by atoms with Crippen molar-refractivity contribution in [3.63, 3.8) is 0 Å². The standard InChI is InChI=1S/C23H27N3O3/c1-14-9-10-16(12-20(14)28-5)22(27)26-23(3,4)13-29-19-8-6-7-18-21(19)17(24)11-15(2)25-18/h6-12H,13H2,1-5H3,(H2,24,25)(H,26,27). The lowest BCUT2D eigenvalue weighted by molar-refractivity contribution is 0.0881. The molecule has 3 rings (SSSR count). The first-order chi connectivity index (χ1) is 13.7. The molecule has 1 heterocycles. The molecule has 0 aliphatic rings. The summed E-state index contributed by atoms with van der Waals surface area (Å²) in [6.07, 6.45) is 0. The molecule has 2 aromatic carbocycles. The fourth-order valence-electron chi connectivity index (χ4n) is 3.18. The van der Waals surface area contributed by atoms with Crippen LogP contribution in [0.5, 0.6) is 11.5 Å². The normalized spacial score (nSPS) is 11.3. The summed E-state index contributed by atoms with van der Waals surface area (Å²) in [5, 5.41) is 3.80. The van der Waals surface area contributed by atoms with Crippen LogP contribution in [0.4, 0.5) is 5.69 Å². The number of methoxy groups -OCH3 is 1. The van der Waals surface area contributed by atoms with Gasteiger partial charge in [-0.2, -0.15) is 0 Å². The highest BCUT2D eigenvalue weighted by atomic mass is 16.5. The predicted molar refractivity (Wildman–Crippen MR) is 116 cm³/mol. The second-order valence-corrected chi connectivity index (χ2v) is 7.81. The molecule has 0 atom stereocenters. The Morgan fingerprint density at radius 2 is 1.90 bits per heavy atom. The number of nitrogens with zero attached hydrogens (tertiary/aromatic N) is 1. The highest BCUT2D eigenvalue weighted by Gasteiger charge is 2.23. The number of amides is 1. The van der Waals surface area contributed by atoms with Gasteiger partial charge in [-0.3, -0.25) is 9.78 Å². The van der Waals surface area contributed by atoms with Crippen LogP contribution in [0.25, 0.3) is 10.9 Å². The summed E-state index contributed by atoms with van der Waals surface area (Å²) in [6, 6.07) is 12.9. The zero-order valence-corrected chi connectivity index (χ0v) is 17.5. The summed E-state index contributed by atoms with van der Waals surface area (Å²) < 4.78 is 11.4. The number of nitrogens with two attached hydrogens (primary N) is 1. The zero-order chi connectivity index (χ0) is 21.2. The van der Waals surface area contributed by atoms with Gasteiger partial charge in [-0.1, -0.05) is 12.1 Å². The van der Waals surface area contributed by atoms with E-state index < -0.39 is 5.54 Å². The molecule has 3 aromatic rings. The first-order valence-electron chi connectivity index (χ1n) is 9.46. The van der Waals surface area contributed by atoms with Crippen LogP contribution in [0.1, 0.15) is 35.5 Å². The van der Waals surface area contributed by atoms with Gasteiger partial charge in [0, 0.05) is 16.9 Å². The summed E-state index contributed by atoms with van der Waals surface area (Å²) in [5.41, 5.74) is 9.36. The van der Waals surface area contributed by atoms with E-state index in [0.717, 1.165) is 22.2 Å². The molecule has 6 heteroatoms. The van der Waals surface area contributed by atoms with E-state index in [1.54, 1.807) is 19.2 Å². The van der Waals surface area contributed by atoms with Gasteiger partial charge in [0.15, 0.2) is 0 Å². The Hall–Kier alpha value is -3.28. The Labute approximate surface area is 171 Å². The molecule has 0 unspecified atom stereocenters. The van der Waals surface area contributed by atoms with Gasteiger partial charge in [-0.05, 0) is 63.6 Å². The van der Waals surface area contributed by atoms with Gasteiger partial charge < -0.3 is 20.5 Å². The molecular weight excluding hydrogens is 366 g/mol. The van der Waals surface area contributed by atoms with Crippen molar-refractivity contribution in [1.82, 2.24) is 10.3 Å². The van der Waals surface area contributed by atoms with Crippen molar-refractivity contribution in [1.29, 1.82) is 0 Å². The summed E-state index contributed by atoms with van der Waals surface area (Å²) in [4.78, 5) is 17.2. The summed E-state index contributed by atoms with van der Waals surface area (Å²) >= 11 is 0. The third kappa shape index (κ3) is 4.59. The Balaban J connectivity index is 1.75. The number of aryl methyl sites for hydroxylation is 2. The van der Waals surface area contributed by atoms with Crippen LogP contribution >= 0.6 is 0 Å². The van der Waals surface area contributed by atoms with Crippen LogP contribution in [0.15, 0.2) is 42.5 Å². The van der Waals surface area contributed by atoms with Gasteiger partial charge in [-0.25, -0.2) is 0 Å². The highest BCUT2D eigenvalue weighted by molar-refractivity contribution is 5.96. The number of rotatable bonds is 6. The lowest BCUT2D eigenvalue weighted by Gasteiger charge is -2.27. The van der Waals surface area contributed by atoms with Crippen LogP contribution in [-0.4, -0.2) is 30.1 Å². The average molecular weight is 393 g/mol. The Morgan fingerprint density at radius 3 is 2.62 bits per heavy atom. The molecule has 29 heavy (non-hydrogen) atoms. The molecule has 6 nitrogen and oxygen atoms in total. The van der Waals surface area contributed by atoms with Crippen molar-refractivity contribution in [3.8, 4) is 11.5 Å². The smallest absolute Gasteiger partial charge is 0.251 e. The minimum absolute atomic E-state index is 0.188. The minimum atomic E-state index is -0.607. The lowest BCUT2D eigenvalue weighted by atomic mass is 10.0. The maximum Gasteiger partial charge on any atom is 0.251 e. The van der Waals surface area contributed by atoms with Crippen molar-refractivity contribution in [2.24, 2.45) is 0 Å². The molecule has 0 aliphatic carbocycles. The van der Waals surface area contributed by atoms with Crippen molar-refractivity contribution in [2.75, 3.05) is 19.5 Å². The molecule has 0 fully saturated rings. The molecule has 0 radical (unpaired) electrons. The zero-order valence-electron chi connectivity index (χ0n) is 17.5. The van der Waals surface area contributed by atoms with E-state index >= 15 is 0 Å². The largest absolute Gasteiger partial charge is 0.496 e. The highest BCUT2D eigenvalue weighted by Crippen LogP contribution is 2.30. The summed E-state index contributed by atoms with van der Waals surface area (Å²) in [6.45, 7) is 7.93. The van der Waals surface area contributed by atoms with Crippen LogP contribution in [0.3, 0.4) is 0 Å². The number of nitrogen functional groups attached to an aromatic ring is 1. The second kappa shape index (κ2) is 7.99. The maximum atomic E-state index is 12.7. The summed E-state index contributed by atoms with van der Waals surface area (Å²) in [5.74, 6) is 1.14. The minimum Gasteiger partial charge on any atom is -0.496 e. The molecule has 0 spiro atoms. The van der Waals surface area contributed by atoms with Gasteiger partial charge in [0.1, 0.15) is 18.1 Å².